The summed E-state index contributed by atoms with van der Waals surface area (Å²) in [6.45, 7) is 2.98. The van der Waals surface area contributed by atoms with Crippen LogP contribution in [-0.4, -0.2) is 27.7 Å². The summed E-state index contributed by atoms with van der Waals surface area (Å²) in [7, 11) is -4.01. The molecule has 0 aromatic heterocycles. The Morgan fingerprint density at radius 1 is 1.43 bits per heavy atom. The number of nitrogens with two attached hydrogens (primary N) is 1. The minimum Gasteiger partial charge on any atom is -0.396 e. The van der Waals surface area contributed by atoms with Crippen molar-refractivity contribution in [1.29, 1.82) is 0 Å². The van der Waals surface area contributed by atoms with Gasteiger partial charge in [0.15, 0.2) is 5.82 Å². The van der Waals surface area contributed by atoms with Crippen LogP contribution in [0.5, 0.6) is 0 Å². The minimum atomic E-state index is -4.01. The molecule has 1 aromatic rings. The molecule has 1 aliphatic rings. The van der Waals surface area contributed by atoms with Gasteiger partial charge in [-0.3, -0.25) is 0 Å². The fraction of sp³-hybridized carbons (Fsp3) is 0.538. The third-order valence-electron chi connectivity index (χ3n) is 3.64. The number of nitrogens with one attached hydrogen (secondary N) is 1. The lowest BCUT2D eigenvalue weighted by Gasteiger charge is -2.28. The molecule has 2 rings (SSSR count). The third-order valence-corrected chi connectivity index (χ3v) is 5.41. The lowest BCUT2D eigenvalue weighted by atomic mass is 9.94. The molecule has 0 bridgehead atoms. The molecule has 0 spiro atoms. The molecule has 0 aliphatic carbocycles. The summed E-state index contributed by atoms with van der Waals surface area (Å²) >= 11 is 5.76. The highest BCUT2D eigenvalue weighted by Crippen LogP contribution is 2.26. The van der Waals surface area contributed by atoms with Gasteiger partial charge in [-0.15, -0.1) is 0 Å². The van der Waals surface area contributed by atoms with E-state index in [0.717, 1.165) is 18.9 Å². The first kappa shape index (κ1) is 16.5. The summed E-state index contributed by atoms with van der Waals surface area (Å²) < 4.78 is 46.3. The predicted molar refractivity (Wildman–Crippen MR) is 79.1 cm³/mol. The van der Waals surface area contributed by atoms with Gasteiger partial charge in [-0.25, -0.2) is 17.5 Å². The first-order valence-corrected chi connectivity index (χ1v) is 8.52. The highest BCUT2D eigenvalue weighted by Gasteiger charge is 2.28. The van der Waals surface area contributed by atoms with E-state index in [-0.39, 0.29) is 22.7 Å². The van der Waals surface area contributed by atoms with Crippen LogP contribution in [0.3, 0.4) is 0 Å². The van der Waals surface area contributed by atoms with Gasteiger partial charge >= 0.3 is 0 Å². The van der Waals surface area contributed by atoms with Crippen molar-refractivity contribution in [3.05, 3.63) is 23.0 Å². The first-order chi connectivity index (χ1) is 9.81. The van der Waals surface area contributed by atoms with Crippen molar-refractivity contribution in [2.24, 2.45) is 5.92 Å². The Morgan fingerprint density at radius 3 is 2.67 bits per heavy atom. The zero-order valence-electron chi connectivity index (χ0n) is 11.6. The summed E-state index contributed by atoms with van der Waals surface area (Å²) in [5.74, 6) is -0.820. The monoisotopic (exact) mass is 336 g/mol. The Bertz CT molecular complexity index is 618. The molecule has 118 valence electrons. The van der Waals surface area contributed by atoms with E-state index in [2.05, 4.69) is 4.72 Å². The Balaban J connectivity index is 2.22. The van der Waals surface area contributed by atoms with Gasteiger partial charge < -0.3 is 10.5 Å². The smallest absolute Gasteiger partial charge is 0.243 e. The maximum atomic E-state index is 13.9. The largest absolute Gasteiger partial charge is 0.396 e. The van der Waals surface area contributed by atoms with Crippen LogP contribution < -0.4 is 10.5 Å². The van der Waals surface area contributed by atoms with Crippen molar-refractivity contribution in [2.75, 3.05) is 18.9 Å². The van der Waals surface area contributed by atoms with Crippen molar-refractivity contribution in [3.8, 4) is 0 Å². The van der Waals surface area contributed by atoms with E-state index in [1.54, 1.807) is 6.92 Å². The standard InChI is InChI=1S/C13H18ClFN2O3S/c1-8(9-2-4-20-5-3-9)17-21(18,19)12-7-10(14)6-11(16)13(12)15/h6-9,17H,2-5,16H2,1H3. The average Bonchev–Trinajstić information content (AvgIpc) is 2.43. The highest BCUT2D eigenvalue weighted by atomic mass is 35.5. The molecular weight excluding hydrogens is 319 g/mol. The molecule has 1 aliphatic heterocycles. The van der Waals surface area contributed by atoms with E-state index in [1.807, 2.05) is 0 Å². The van der Waals surface area contributed by atoms with E-state index >= 15 is 0 Å². The van der Waals surface area contributed by atoms with Crippen LogP contribution >= 0.6 is 11.6 Å². The Kier molecular flexibility index (Phi) is 5.08. The molecule has 0 radical (unpaired) electrons. The lowest BCUT2D eigenvalue weighted by Crippen LogP contribution is -2.40. The van der Waals surface area contributed by atoms with Crippen molar-refractivity contribution in [3.63, 3.8) is 0 Å². The van der Waals surface area contributed by atoms with Gasteiger partial charge in [-0.1, -0.05) is 11.6 Å². The molecule has 1 unspecified atom stereocenters. The Hall–Kier alpha value is -0.890. The summed E-state index contributed by atoms with van der Waals surface area (Å²) in [5.41, 5.74) is 5.13. The number of benzene rings is 1. The van der Waals surface area contributed by atoms with Gasteiger partial charge in [-0.2, -0.15) is 0 Å². The van der Waals surface area contributed by atoms with Crippen LogP contribution in [0.2, 0.25) is 5.02 Å². The van der Waals surface area contributed by atoms with Crippen molar-refractivity contribution in [1.82, 2.24) is 4.72 Å². The van der Waals surface area contributed by atoms with E-state index in [9.17, 15) is 12.8 Å². The molecule has 0 saturated carbocycles. The highest BCUT2D eigenvalue weighted by molar-refractivity contribution is 7.89. The number of sulfonamides is 1. The van der Waals surface area contributed by atoms with Crippen molar-refractivity contribution in [2.45, 2.75) is 30.7 Å². The van der Waals surface area contributed by atoms with E-state index in [1.165, 1.54) is 6.07 Å². The molecule has 3 N–H and O–H groups in total. The van der Waals surface area contributed by atoms with Crippen molar-refractivity contribution < 1.29 is 17.5 Å². The molecule has 1 fully saturated rings. The van der Waals surface area contributed by atoms with Gasteiger partial charge in [-0.05, 0) is 37.8 Å². The lowest BCUT2D eigenvalue weighted by molar-refractivity contribution is 0.0585. The summed E-state index contributed by atoms with van der Waals surface area (Å²) in [6.07, 6.45) is 1.54. The molecule has 5 nitrogen and oxygen atoms in total. The summed E-state index contributed by atoms with van der Waals surface area (Å²) in [4.78, 5) is -0.522. The maximum Gasteiger partial charge on any atom is 0.243 e. The Morgan fingerprint density at radius 2 is 2.05 bits per heavy atom. The third kappa shape index (κ3) is 3.85. The SMILES string of the molecule is CC(NS(=O)(=O)c1cc(Cl)cc(N)c1F)C1CCOCC1. The number of hydrogen-bond donors (Lipinski definition) is 2. The summed E-state index contributed by atoms with van der Waals surface area (Å²) in [6, 6.07) is 1.92. The van der Waals surface area contributed by atoms with Gasteiger partial charge in [0.05, 0.1) is 5.69 Å². The van der Waals surface area contributed by atoms with Gasteiger partial charge in [0.2, 0.25) is 10.0 Å². The minimum absolute atomic E-state index is 0.0768. The molecule has 21 heavy (non-hydrogen) atoms. The van der Waals surface area contributed by atoms with Gasteiger partial charge in [0, 0.05) is 24.3 Å². The molecule has 0 amide bonds. The van der Waals surface area contributed by atoms with Crippen LogP contribution in [0.15, 0.2) is 17.0 Å². The second-order valence-electron chi connectivity index (χ2n) is 5.17. The number of rotatable bonds is 4. The normalized spacial score (nSPS) is 18.6. The molecule has 1 saturated heterocycles. The first-order valence-electron chi connectivity index (χ1n) is 6.66. The van der Waals surface area contributed by atoms with Crippen LogP contribution in [0.4, 0.5) is 10.1 Å². The fourth-order valence-corrected chi connectivity index (χ4v) is 4.14. The van der Waals surface area contributed by atoms with Crippen LogP contribution in [0.1, 0.15) is 19.8 Å². The number of nitrogen functional groups attached to an aromatic ring is 1. The molecule has 1 aromatic carbocycles. The van der Waals surface area contributed by atoms with Gasteiger partial charge in [0.1, 0.15) is 4.90 Å². The summed E-state index contributed by atoms with van der Waals surface area (Å²) in [5, 5.41) is 0.0768. The van der Waals surface area contributed by atoms with E-state index in [0.29, 0.717) is 13.2 Å². The van der Waals surface area contributed by atoms with Gasteiger partial charge in [0.25, 0.3) is 0 Å². The van der Waals surface area contributed by atoms with E-state index < -0.39 is 20.7 Å². The predicted octanol–water partition coefficient (Wildman–Crippen LogP) is 2.15. The van der Waals surface area contributed by atoms with E-state index in [4.69, 9.17) is 22.1 Å². The van der Waals surface area contributed by atoms with Crippen molar-refractivity contribution >= 4 is 27.3 Å². The molecule has 1 heterocycles. The molecular formula is C13H18ClFN2O3S. The topological polar surface area (TPSA) is 81.4 Å². The fourth-order valence-electron chi connectivity index (χ4n) is 2.40. The van der Waals surface area contributed by atoms with Crippen LogP contribution in [0.25, 0.3) is 0 Å². The number of halogens is 2. The number of hydrogen-bond acceptors (Lipinski definition) is 4. The quantitative estimate of drug-likeness (QED) is 0.825. The average molecular weight is 337 g/mol. The second-order valence-corrected chi connectivity index (χ2v) is 7.29. The number of ether oxygens (including phenoxy) is 1. The zero-order valence-corrected chi connectivity index (χ0v) is 13.2. The Labute approximate surface area is 128 Å². The van der Waals surface area contributed by atoms with Crippen LogP contribution in [-0.2, 0) is 14.8 Å². The maximum absolute atomic E-state index is 13.9. The number of anilines is 1. The van der Waals surface area contributed by atoms with Crippen LogP contribution in [0, 0.1) is 11.7 Å². The molecule has 8 heteroatoms. The second kappa shape index (κ2) is 6.48. The molecule has 1 atom stereocenters. The zero-order chi connectivity index (χ0) is 15.6.